The first-order valence-electron chi connectivity index (χ1n) is 5.53. The lowest BCUT2D eigenvalue weighted by Crippen LogP contribution is -2.36. The van der Waals surface area contributed by atoms with Gasteiger partial charge in [0.05, 0.1) is 16.6 Å². The molecule has 0 saturated heterocycles. The Kier molecular flexibility index (Phi) is 4.42. The van der Waals surface area contributed by atoms with Crippen LogP contribution in [0.1, 0.15) is 19.4 Å². The van der Waals surface area contributed by atoms with E-state index in [0.717, 1.165) is 0 Å². The van der Waals surface area contributed by atoms with Gasteiger partial charge in [-0.15, -0.1) is 0 Å². The van der Waals surface area contributed by atoms with Gasteiger partial charge in [0.25, 0.3) is 5.69 Å². The highest BCUT2D eigenvalue weighted by Gasteiger charge is 2.23. The Balaban J connectivity index is 3.37. The van der Waals surface area contributed by atoms with E-state index in [2.05, 4.69) is 0 Å². The summed E-state index contributed by atoms with van der Waals surface area (Å²) < 4.78 is 0. The Bertz CT molecular complexity index is 548. The third-order valence-corrected chi connectivity index (χ3v) is 2.54. The monoisotopic (exact) mass is 263 g/mol. The van der Waals surface area contributed by atoms with E-state index in [1.807, 2.05) is 6.07 Å². The van der Waals surface area contributed by atoms with Gasteiger partial charge in [0.1, 0.15) is 12.2 Å². The molecule has 0 atom stereocenters. The van der Waals surface area contributed by atoms with E-state index in [4.69, 9.17) is 10.4 Å². The van der Waals surface area contributed by atoms with Crippen molar-refractivity contribution in [2.75, 3.05) is 11.4 Å². The number of aliphatic carboxylic acids is 1. The van der Waals surface area contributed by atoms with Crippen LogP contribution in [0.2, 0.25) is 0 Å². The molecule has 0 aromatic heterocycles. The van der Waals surface area contributed by atoms with Gasteiger partial charge >= 0.3 is 5.97 Å². The topological polar surface area (TPSA) is 107 Å². The van der Waals surface area contributed by atoms with Crippen LogP contribution in [0.25, 0.3) is 0 Å². The maximum Gasteiger partial charge on any atom is 0.323 e. The maximum absolute atomic E-state index is 11.0. The fraction of sp³-hybridized carbons (Fsp3) is 0.333. The van der Waals surface area contributed by atoms with Crippen molar-refractivity contribution in [2.24, 2.45) is 0 Å². The lowest BCUT2D eigenvalue weighted by molar-refractivity contribution is -0.384. The summed E-state index contributed by atoms with van der Waals surface area (Å²) >= 11 is 0. The number of rotatable bonds is 5. The second kappa shape index (κ2) is 5.82. The molecule has 100 valence electrons. The molecule has 1 N–H and O–H groups in total. The van der Waals surface area contributed by atoms with E-state index < -0.39 is 10.9 Å². The zero-order valence-corrected chi connectivity index (χ0v) is 10.5. The van der Waals surface area contributed by atoms with E-state index in [0.29, 0.717) is 0 Å². The average Bonchev–Trinajstić information content (AvgIpc) is 2.34. The molecule has 0 fully saturated rings. The van der Waals surface area contributed by atoms with Crippen molar-refractivity contribution >= 4 is 17.3 Å². The van der Waals surface area contributed by atoms with E-state index in [-0.39, 0.29) is 29.5 Å². The van der Waals surface area contributed by atoms with Crippen molar-refractivity contribution in [3.63, 3.8) is 0 Å². The number of benzene rings is 1. The first kappa shape index (κ1) is 14.4. The molecule has 0 unspecified atom stereocenters. The number of nitro groups is 1. The average molecular weight is 263 g/mol. The molecule has 0 bridgehead atoms. The smallest absolute Gasteiger partial charge is 0.323 e. The Hall–Kier alpha value is -2.62. The number of carboxylic acids is 1. The molecular weight excluding hydrogens is 250 g/mol. The van der Waals surface area contributed by atoms with Crippen molar-refractivity contribution in [3.05, 3.63) is 33.9 Å². The van der Waals surface area contributed by atoms with Crippen LogP contribution in [-0.4, -0.2) is 28.6 Å². The third-order valence-electron chi connectivity index (χ3n) is 2.54. The fourth-order valence-electron chi connectivity index (χ4n) is 1.67. The van der Waals surface area contributed by atoms with Crippen LogP contribution in [0.3, 0.4) is 0 Å². The summed E-state index contributed by atoms with van der Waals surface area (Å²) in [6.45, 7) is 3.09. The predicted octanol–water partition coefficient (Wildman–Crippen LogP) is 1.77. The number of nitriles is 1. The van der Waals surface area contributed by atoms with E-state index >= 15 is 0 Å². The summed E-state index contributed by atoms with van der Waals surface area (Å²) in [7, 11) is 0. The molecule has 0 heterocycles. The second-order valence-corrected chi connectivity index (χ2v) is 4.19. The zero-order chi connectivity index (χ0) is 14.6. The Labute approximate surface area is 109 Å². The highest BCUT2D eigenvalue weighted by Crippen LogP contribution is 2.30. The quantitative estimate of drug-likeness (QED) is 0.640. The Morgan fingerprint density at radius 1 is 1.58 bits per heavy atom. The van der Waals surface area contributed by atoms with Gasteiger partial charge in [0, 0.05) is 12.1 Å². The lowest BCUT2D eigenvalue weighted by Gasteiger charge is -2.26. The first-order chi connectivity index (χ1) is 8.86. The van der Waals surface area contributed by atoms with E-state index in [1.165, 1.54) is 23.1 Å². The van der Waals surface area contributed by atoms with Gasteiger partial charge in [-0.05, 0) is 26.0 Å². The van der Waals surface area contributed by atoms with Gasteiger partial charge < -0.3 is 10.0 Å². The summed E-state index contributed by atoms with van der Waals surface area (Å²) in [4.78, 5) is 22.6. The minimum absolute atomic E-state index is 0.140. The number of carboxylic acid groups (broad SMARTS) is 1. The van der Waals surface area contributed by atoms with Crippen LogP contribution < -0.4 is 4.90 Å². The maximum atomic E-state index is 11.0. The number of nitro benzene ring substituents is 1. The van der Waals surface area contributed by atoms with Crippen LogP contribution in [0.5, 0.6) is 0 Å². The number of carbonyl (C=O) groups is 1. The van der Waals surface area contributed by atoms with Crippen molar-refractivity contribution < 1.29 is 14.8 Å². The normalized spacial score (nSPS) is 10.0. The second-order valence-electron chi connectivity index (χ2n) is 4.19. The largest absolute Gasteiger partial charge is 0.480 e. The zero-order valence-electron chi connectivity index (χ0n) is 10.5. The van der Waals surface area contributed by atoms with Crippen molar-refractivity contribution in [3.8, 4) is 6.07 Å². The van der Waals surface area contributed by atoms with E-state index in [9.17, 15) is 14.9 Å². The predicted molar refractivity (Wildman–Crippen MR) is 67.9 cm³/mol. The summed E-state index contributed by atoms with van der Waals surface area (Å²) in [5.74, 6) is -1.09. The van der Waals surface area contributed by atoms with Crippen LogP contribution in [0, 0.1) is 21.4 Å². The standard InChI is InChI=1S/C12H13N3O4/c1-8(2)14(7-12(16)17)11-5-9(6-13)3-4-10(11)15(18)19/h3-5,8H,7H2,1-2H3,(H,16,17). The number of anilines is 1. The summed E-state index contributed by atoms with van der Waals surface area (Å²) in [6, 6.07) is 5.52. The number of nitrogens with zero attached hydrogens (tertiary/aromatic N) is 3. The molecule has 1 aromatic carbocycles. The number of hydrogen-bond acceptors (Lipinski definition) is 5. The summed E-state index contributed by atoms with van der Waals surface area (Å²) in [5, 5.41) is 28.7. The molecule has 1 rings (SSSR count). The summed E-state index contributed by atoms with van der Waals surface area (Å²) in [5.41, 5.74) is 0.173. The lowest BCUT2D eigenvalue weighted by atomic mass is 10.1. The fourth-order valence-corrected chi connectivity index (χ4v) is 1.67. The number of hydrogen-bond donors (Lipinski definition) is 1. The van der Waals surface area contributed by atoms with Gasteiger partial charge in [-0.3, -0.25) is 14.9 Å². The van der Waals surface area contributed by atoms with Crippen LogP contribution >= 0.6 is 0 Å². The Morgan fingerprint density at radius 3 is 2.63 bits per heavy atom. The molecule has 7 heteroatoms. The molecule has 1 aromatic rings. The minimum Gasteiger partial charge on any atom is -0.480 e. The van der Waals surface area contributed by atoms with E-state index in [1.54, 1.807) is 13.8 Å². The highest BCUT2D eigenvalue weighted by atomic mass is 16.6. The molecule has 0 saturated carbocycles. The molecule has 7 nitrogen and oxygen atoms in total. The highest BCUT2D eigenvalue weighted by molar-refractivity contribution is 5.77. The third kappa shape index (κ3) is 3.42. The van der Waals surface area contributed by atoms with Crippen molar-refractivity contribution in [1.82, 2.24) is 0 Å². The van der Waals surface area contributed by atoms with Crippen LogP contribution in [0.4, 0.5) is 11.4 Å². The minimum atomic E-state index is -1.09. The molecular formula is C12H13N3O4. The van der Waals surface area contributed by atoms with Crippen LogP contribution in [-0.2, 0) is 4.79 Å². The molecule has 0 aliphatic rings. The molecule has 0 aliphatic heterocycles. The molecule has 0 spiro atoms. The van der Waals surface area contributed by atoms with Gasteiger partial charge in [0.2, 0.25) is 0 Å². The van der Waals surface area contributed by atoms with Gasteiger partial charge in [-0.1, -0.05) is 0 Å². The van der Waals surface area contributed by atoms with Crippen molar-refractivity contribution in [2.45, 2.75) is 19.9 Å². The molecule has 0 radical (unpaired) electrons. The Morgan fingerprint density at radius 2 is 2.21 bits per heavy atom. The molecule has 0 aliphatic carbocycles. The summed E-state index contributed by atoms with van der Waals surface area (Å²) in [6.07, 6.45) is 0. The van der Waals surface area contributed by atoms with Gasteiger partial charge in [-0.2, -0.15) is 5.26 Å². The van der Waals surface area contributed by atoms with Gasteiger partial charge in [-0.25, -0.2) is 0 Å². The molecule has 0 amide bonds. The van der Waals surface area contributed by atoms with Gasteiger partial charge in [0.15, 0.2) is 0 Å². The SMILES string of the molecule is CC(C)N(CC(=O)O)c1cc(C#N)ccc1[N+](=O)[O-]. The van der Waals surface area contributed by atoms with Crippen LogP contribution in [0.15, 0.2) is 18.2 Å². The first-order valence-corrected chi connectivity index (χ1v) is 5.53. The molecule has 19 heavy (non-hydrogen) atoms. The van der Waals surface area contributed by atoms with Crippen molar-refractivity contribution in [1.29, 1.82) is 5.26 Å².